The van der Waals surface area contributed by atoms with Crippen LogP contribution in [-0.4, -0.2) is 10.9 Å². The van der Waals surface area contributed by atoms with E-state index in [9.17, 15) is 4.79 Å². The molecule has 0 unspecified atom stereocenters. The molecule has 7 heteroatoms. The number of halogens is 2. The third-order valence-electron chi connectivity index (χ3n) is 3.81. The molecule has 0 radical (unpaired) electrons. The van der Waals surface area contributed by atoms with Crippen molar-refractivity contribution in [2.24, 2.45) is 0 Å². The Balaban J connectivity index is 1.79. The first-order valence-electron chi connectivity index (χ1n) is 7.77. The molecule has 0 saturated carbocycles. The molecule has 4 nitrogen and oxygen atoms in total. The SMILES string of the molecule is O=C(c1ccccc1I)N(Cc1ccco1)c1nc2ccc(Cl)cc2s1. The molecular formula is C19H12ClIN2O2S. The lowest BCUT2D eigenvalue weighted by Crippen LogP contribution is -2.30. The molecule has 0 bridgehead atoms. The van der Waals surface area contributed by atoms with Gasteiger partial charge in [-0.15, -0.1) is 0 Å². The Morgan fingerprint density at radius 1 is 1.19 bits per heavy atom. The lowest BCUT2D eigenvalue weighted by molar-refractivity contribution is 0.0982. The fourth-order valence-corrected chi connectivity index (χ4v) is 4.42. The first kappa shape index (κ1) is 17.5. The molecule has 0 saturated heterocycles. The topological polar surface area (TPSA) is 46.3 Å². The van der Waals surface area contributed by atoms with Gasteiger partial charge in [-0.1, -0.05) is 35.1 Å². The van der Waals surface area contributed by atoms with Gasteiger partial charge in [0.25, 0.3) is 5.91 Å². The molecule has 130 valence electrons. The summed E-state index contributed by atoms with van der Waals surface area (Å²) in [6.07, 6.45) is 1.60. The zero-order valence-corrected chi connectivity index (χ0v) is 17.1. The van der Waals surface area contributed by atoms with Crippen molar-refractivity contribution in [3.63, 3.8) is 0 Å². The summed E-state index contributed by atoms with van der Waals surface area (Å²) in [5, 5.41) is 1.26. The molecule has 0 fully saturated rings. The van der Waals surface area contributed by atoms with Crippen molar-refractivity contribution in [3.8, 4) is 0 Å². The number of amides is 1. The van der Waals surface area contributed by atoms with Crippen molar-refractivity contribution in [1.29, 1.82) is 0 Å². The highest BCUT2D eigenvalue weighted by Crippen LogP contribution is 2.32. The van der Waals surface area contributed by atoms with E-state index in [-0.39, 0.29) is 5.91 Å². The largest absolute Gasteiger partial charge is 0.467 e. The fourth-order valence-electron chi connectivity index (χ4n) is 2.57. The Morgan fingerprint density at radius 3 is 2.81 bits per heavy atom. The van der Waals surface area contributed by atoms with Gasteiger partial charge in [-0.25, -0.2) is 4.98 Å². The Labute approximate surface area is 172 Å². The smallest absolute Gasteiger partial charge is 0.261 e. The minimum absolute atomic E-state index is 0.114. The van der Waals surface area contributed by atoms with E-state index >= 15 is 0 Å². The summed E-state index contributed by atoms with van der Waals surface area (Å²) in [5.74, 6) is 0.582. The third-order valence-corrected chi connectivity index (χ3v) is 6.03. The summed E-state index contributed by atoms with van der Waals surface area (Å²) in [4.78, 5) is 19.5. The van der Waals surface area contributed by atoms with Crippen LogP contribution in [0.4, 0.5) is 5.13 Å². The number of nitrogens with zero attached hydrogens (tertiary/aromatic N) is 2. The minimum atomic E-state index is -0.114. The van der Waals surface area contributed by atoms with Crippen LogP contribution < -0.4 is 4.90 Å². The molecule has 2 aromatic heterocycles. The van der Waals surface area contributed by atoms with Crippen LogP contribution in [0.25, 0.3) is 10.2 Å². The van der Waals surface area contributed by atoms with Gasteiger partial charge < -0.3 is 4.42 Å². The number of thiazole rings is 1. The van der Waals surface area contributed by atoms with E-state index < -0.39 is 0 Å². The van der Waals surface area contributed by atoms with Crippen LogP contribution in [-0.2, 0) is 6.54 Å². The number of benzene rings is 2. The zero-order valence-electron chi connectivity index (χ0n) is 13.4. The molecule has 0 atom stereocenters. The van der Waals surface area contributed by atoms with E-state index in [2.05, 4.69) is 27.6 Å². The highest BCUT2D eigenvalue weighted by molar-refractivity contribution is 14.1. The standard InChI is InChI=1S/C19H12ClIN2O2S/c20-12-7-8-16-17(10-12)26-19(22-16)23(11-13-4-3-9-25-13)18(24)14-5-1-2-6-15(14)21/h1-10H,11H2. The van der Waals surface area contributed by atoms with E-state index in [1.54, 1.807) is 17.2 Å². The van der Waals surface area contributed by atoms with Gasteiger partial charge in [-0.05, 0) is 65.1 Å². The molecule has 0 spiro atoms. The molecule has 2 heterocycles. The summed E-state index contributed by atoms with van der Waals surface area (Å²) in [6.45, 7) is 0.310. The predicted octanol–water partition coefficient (Wildman–Crippen LogP) is 5.99. The third kappa shape index (κ3) is 3.49. The number of hydrogen-bond acceptors (Lipinski definition) is 4. The van der Waals surface area contributed by atoms with Crippen molar-refractivity contribution in [2.45, 2.75) is 6.54 Å². The molecule has 2 aromatic carbocycles. The first-order valence-corrected chi connectivity index (χ1v) is 10.0. The predicted molar refractivity (Wildman–Crippen MR) is 113 cm³/mol. The van der Waals surface area contributed by atoms with Crippen molar-refractivity contribution >= 4 is 66.8 Å². The fraction of sp³-hybridized carbons (Fsp3) is 0.0526. The Hall–Kier alpha value is -1.90. The number of carbonyl (C=O) groups excluding carboxylic acids is 1. The van der Waals surface area contributed by atoms with Crippen molar-refractivity contribution < 1.29 is 9.21 Å². The maximum atomic E-state index is 13.3. The second-order valence-electron chi connectivity index (χ2n) is 5.56. The zero-order chi connectivity index (χ0) is 18.1. The molecule has 0 N–H and O–H groups in total. The Morgan fingerprint density at radius 2 is 2.04 bits per heavy atom. The van der Waals surface area contributed by atoms with Gasteiger partial charge >= 0.3 is 0 Å². The number of carbonyl (C=O) groups is 1. The highest BCUT2D eigenvalue weighted by atomic mass is 127. The second-order valence-corrected chi connectivity index (χ2v) is 8.17. The van der Waals surface area contributed by atoms with Crippen LogP contribution in [0, 0.1) is 3.57 Å². The quantitative estimate of drug-likeness (QED) is 0.327. The maximum absolute atomic E-state index is 13.3. The number of fused-ring (bicyclic) bond motifs is 1. The average Bonchev–Trinajstić information content (AvgIpc) is 3.28. The van der Waals surface area contributed by atoms with Gasteiger partial charge in [0.2, 0.25) is 0 Å². The Bertz CT molecular complexity index is 1080. The molecule has 26 heavy (non-hydrogen) atoms. The monoisotopic (exact) mass is 494 g/mol. The van der Waals surface area contributed by atoms with Gasteiger partial charge in [0, 0.05) is 8.59 Å². The summed E-state index contributed by atoms with van der Waals surface area (Å²) in [6, 6.07) is 16.7. The average molecular weight is 495 g/mol. The van der Waals surface area contributed by atoms with Crippen molar-refractivity contribution in [2.75, 3.05) is 4.90 Å². The van der Waals surface area contributed by atoms with Crippen LogP contribution in [0.15, 0.2) is 65.3 Å². The summed E-state index contributed by atoms with van der Waals surface area (Å²) < 4.78 is 7.28. The summed E-state index contributed by atoms with van der Waals surface area (Å²) in [5.41, 5.74) is 1.45. The van der Waals surface area contributed by atoms with Gasteiger partial charge in [0.15, 0.2) is 5.13 Å². The van der Waals surface area contributed by atoms with E-state index in [0.29, 0.717) is 28.0 Å². The van der Waals surface area contributed by atoms with Crippen LogP contribution >= 0.6 is 45.5 Å². The van der Waals surface area contributed by atoms with Gasteiger partial charge in [0.05, 0.1) is 28.6 Å². The first-order chi connectivity index (χ1) is 12.6. The Kier molecular flexibility index (Phi) is 4.97. The molecular weight excluding hydrogens is 483 g/mol. The highest BCUT2D eigenvalue weighted by Gasteiger charge is 2.24. The van der Waals surface area contributed by atoms with Gasteiger partial charge in [-0.2, -0.15) is 0 Å². The molecule has 0 aliphatic carbocycles. The molecule has 0 aliphatic heterocycles. The molecule has 4 rings (SSSR count). The van der Waals surface area contributed by atoms with E-state index in [1.165, 1.54) is 11.3 Å². The van der Waals surface area contributed by atoms with E-state index in [4.69, 9.17) is 16.0 Å². The number of furan rings is 1. The van der Waals surface area contributed by atoms with Gasteiger partial charge in [-0.3, -0.25) is 9.69 Å². The van der Waals surface area contributed by atoms with Crippen LogP contribution in [0.3, 0.4) is 0 Å². The number of aromatic nitrogens is 1. The lowest BCUT2D eigenvalue weighted by Gasteiger charge is -2.19. The number of hydrogen-bond donors (Lipinski definition) is 0. The molecule has 4 aromatic rings. The van der Waals surface area contributed by atoms with Crippen molar-refractivity contribution in [3.05, 3.63) is 80.8 Å². The summed E-state index contributed by atoms with van der Waals surface area (Å²) in [7, 11) is 0. The number of rotatable bonds is 4. The van der Waals surface area contributed by atoms with Gasteiger partial charge in [0.1, 0.15) is 5.76 Å². The maximum Gasteiger partial charge on any atom is 0.261 e. The second kappa shape index (κ2) is 7.38. The van der Waals surface area contributed by atoms with E-state index in [1.807, 2.05) is 48.5 Å². The van der Waals surface area contributed by atoms with Crippen LogP contribution in [0.2, 0.25) is 5.02 Å². The van der Waals surface area contributed by atoms with Crippen LogP contribution in [0.5, 0.6) is 0 Å². The van der Waals surface area contributed by atoms with E-state index in [0.717, 1.165) is 13.8 Å². The molecule has 1 amide bonds. The van der Waals surface area contributed by atoms with Crippen LogP contribution in [0.1, 0.15) is 16.1 Å². The minimum Gasteiger partial charge on any atom is -0.467 e. The van der Waals surface area contributed by atoms with Crippen molar-refractivity contribution in [1.82, 2.24) is 4.98 Å². The normalized spacial score (nSPS) is 11.0. The lowest BCUT2D eigenvalue weighted by atomic mass is 10.2. The summed E-state index contributed by atoms with van der Waals surface area (Å²) >= 11 is 9.69. The number of anilines is 1. The molecule has 0 aliphatic rings.